The number of hydrogen-bond donors (Lipinski definition) is 1. The van der Waals surface area contributed by atoms with Crippen molar-refractivity contribution in [1.29, 1.82) is 0 Å². The van der Waals surface area contributed by atoms with Crippen LogP contribution in [0.1, 0.15) is 21.9 Å². The molecule has 2 aromatic rings. The van der Waals surface area contributed by atoms with Gasteiger partial charge in [-0.1, -0.05) is 11.3 Å². The predicted octanol–water partition coefficient (Wildman–Crippen LogP) is 1.47. The summed E-state index contributed by atoms with van der Waals surface area (Å²) in [5.41, 5.74) is 0. The van der Waals surface area contributed by atoms with Gasteiger partial charge in [-0.25, -0.2) is 15.0 Å². The zero-order valence-electron chi connectivity index (χ0n) is 13.3. The first-order valence-electron chi connectivity index (χ1n) is 7.66. The quantitative estimate of drug-likeness (QED) is 0.820. The summed E-state index contributed by atoms with van der Waals surface area (Å²) in [5.74, 6) is 2.12. The third kappa shape index (κ3) is 3.85. The summed E-state index contributed by atoms with van der Waals surface area (Å²) in [6, 6.07) is 1.87. The number of thiazole rings is 1. The predicted molar refractivity (Wildman–Crippen MR) is 92.0 cm³/mol. The van der Waals surface area contributed by atoms with Crippen molar-refractivity contribution in [2.75, 3.05) is 36.4 Å². The van der Waals surface area contributed by atoms with E-state index in [9.17, 15) is 9.59 Å². The number of amides is 1. The molecule has 0 spiro atoms. The van der Waals surface area contributed by atoms with E-state index in [0.29, 0.717) is 28.2 Å². The van der Waals surface area contributed by atoms with E-state index < -0.39 is 0 Å². The van der Waals surface area contributed by atoms with Crippen LogP contribution in [0.15, 0.2) is 12.3 Å². The van der Waals surface area contributed by atoms with Gasteiger partial charge in [-0.05, 0) is 13.3 Å². The highest BCUT2D eigenvalue weighted by Gasteiger charge is 2.16. The van der Waals surface area contributed by atoms with Gasteiger partial charge in [0.25, 0.3) is 0 Å². The lowest BCUT2D eigenvalue weighted by Gasteiger charge is -2.22. The number of hydrogen-bond acceptors (Lipinski definition) is 8. The molecule has 0 unspecified atom stereocenters. The number of rotatable bonds is 5. The minimum absolute atomic E-state index is 0.560. The highest BCUT2D eigenvalue weighted by Crippen LogP contribution is 2.23. The normalized spacial score (nSPS) is 15.0. The molecule has 24 heavy (non-hydrogen) atoms. The average molecular weight is 346 g/mol. The minimum atomic E-state index is 0.560. The Hall–Kier alpha value is -2.55. The number of aromatic nitrogens is 3. The molecule has 1 fully saturated rings. The molecule has 8 nitrogen and oxygen atoms in total. The SMILES string of the molecule is Cc1nc(Nc2ncc(C=O)s2)cc(N2CCCN(C=O)CC2)n1. The van der Waals surface area contributed by atoms with E-state index in [1.54, 1.807) is 4.90 Å². The molecule has 0 aliphatic carbocycles. The van der Waals surface area contributed by atoms with Crippen molar-refractivity contribution in [3.8, 4) is 0 Å². The van der Waals surface area contributed by atoms with Crippen molar-refractivity contribution < 1.29 is 9.59 Å². The van der Waals surface area contributed by atoms with Crippen molar-refractivity contribution in [3.63, 3.8) is 0 Å². The fraction of sp³-hybridized carbons (Fsp3) is 0.400. The fourth-order valence-corrected chi connectivity index (χ4v) is 3.20. The standard InChI is InChI=1S/C15H18N6O2S/c1-11-17-13(19-15-16-8-12(9-22)24-15)7-14(18-11)21-4-2-3-20(10-23)5-6-21/h7-10H,2-6H2,1H3,(H,16,17,18,19). The number of nitrogens with one attached hydrogen (secondary N) is 1. The summed E-state index contributed by atoms with van der Waals surface area (Å²) in [4.78, 5) is 39.2. The van der Waals surface area contributed by atoms with Crippen LogP contribution in [-0.2, 0) is 4.79 Å². The topological polar surface area (TPSA) is 91.3 Å². The second-order valence-electron chi connectivity index (χ2n) is 5.45. The van der Waals surface area contributed by atoms with Crippen molar-refractivity contribution >= 4 is 40.8 Å². The van der Waals surface area contributed by atoms with E-state index in [1.165, 1.54) is 17.5 Å². The van der Waals surface area contributed by atoms with Gasteiger partial charge < -0.3 is 15.1 Å². The summed E-state index contributed by atoms with van der Waals surface area (Å²) in [7, 11) is 0. The molecule has 0 aromatic carbocycles. The minimum Gasteiger partial charge on any atom is -0.355 e. The Morgan fingerprint density at radius 1 is 1.21 bits per heavy atom. The second kappa shape index (κ2) is 7.35. The third-order valence-electron chi connectivity index (χ3n) is 3.70. The zero-order valence-corrected chi connectivity index (χ0v) is 14.1. The van der Waals surface area contributed by atoms with Crippen LogP contribution in [0.3, 0.4) is 0 Å². The monoisotopic (exact) mass is 346 g/mol. The Morgan fingerprint density at radius 2 is 2.08 bits per heavy atom. The molecule has 1 aliphatic heterocycles. The first-order valence-corrected chi connectivity index (χ1v) is 8.47. The van der Waals surface area contributed by atoms with Crippen LogP contribution in [0.25, 0.3) is 0 Å². The summed E-state index contributed by atoms with van der Waals surface area (Å²) in [6.45, 7) is 4.87. The first-order chi connectivity index (χ1) is 11.7. The summed E-state index contributed by atoms with van der Waals surface area (Å²) in [6.07, 6.45) is 4.10. The van der Waals surface area contributed by atoms with E-state index in [1.807, 2.05) is 13.0 Å². The summed E-state index contributed by atoms with van der Waals surface area (Å²) >= 11 is 1.27. The Balaban J connectivity index is 1.78. The average Bonchev–Trinajstić information content (AvgIpc) is 2.89. The summed E-state index contributed by atoms with van der Waals surface area (Å²) < 4.78 is 0. The zero-order chi connectivity index (χ0) is 16.9. The van der Waals surface area contributed by atoms with Gasteiger partial charge >= 0.3 is 0 Å². The van der Waals surface area contributed by atoms with Crippen LogP contribution < -0.4 is 10.2 Å². The van der Waals surface area contributed by atoms with E-state index >= 15 is 0 Å². The fourth-order valence-electron chi connectivity index (χ4n) is 2.56. The van der Waals surface area contributed by atoms with Crippen LogP contribution in [0.5, 0.6) is 0 Å². The number of carbonyl (C=O) groups excluding carboxylic acids is 2. The smallest absolute Gasteiger partial charge is 0.209 e. The molecule has 1 N–H and O–H groups in total. The van der Waals surface area contributed by atoms with Gasteiger partial charge in [-0.2, -0.15) is 0 Å². The molecular formula is C15H18N6O2S. The molecular weight excluding hydrogens is 328 g/mol. The maximum Gasteiger partial charge on any atom is 0.209 e. The molecule has 9 heteroatoms. The van der Waals surface area contributed by atoms with Gasteiger partial charge in [0.05, 0.1) is 11.1 Å². The molecule has 126 valence electrons. The van der Waals surface area contributed by atoms with Crippen molar-refractivity contribution in [1.82, 2.24) is 19.9 Å². The number of nitrogens with zero attached hydrogens (tertiary/aromatic N) is 5. The van der Waals surface area contributed by atoms with Gasteiger partial charge in [0, 0.05) is 32.2 Å². The largest absolute Gasteiger partial charge is 0.355 e. The number of anilines is 3. The lowest BCUT2D eigenvalue weighted by Crippen LogP contribution is -2.30. The van der Waals surface area contributed by atoms with Gasteiger partial charge in [0.2, 0.25) is 6.41 Å². The van der Waals surface area contributed by atoms with Gasteiger partial charge in [0.1, 0.15) is 17.5 Å². The lowest BCUT2D eigenvalue weighted by molar-refractivity contribution is -0.117. The number of aryl methyl sites for hydroxylation is 1. The lowest BCUT2D eigenvalue weighted by atomic mass is 10.3. The second-order valence-corrected chi connectivity index (χ2v) is 6.51. The van der Waals surface area contributed by atoms with Crippen LogP contribution in [0, 0.1) is 6.92 Å². The highest BCUT2D eigenvalue weighted by molar-refractivity contribution is 7.17. The van der Waals surface area contributed by atoms with Crippen molar-refractivity contribution in [2.24, 2.45) is 0 Å². The molecule has 1 amide bonds. The molecule has 1 aliphatic rings. The third-order valence-corrected chi connectivity index (χ3v) is 4.54. The van der Waals surface area contributed by atoms with E-state index in [4.69, 9.17) is 0 Å². The Labute approximate surface area is 143 Å². The van der Waals surface area contributed by atoms with Crippen molar-refractivity contribution in [2.45, 2.75) is 13.3 Å². The molecule has 3 heterocycles. The van der Waals surface area contributed by atoms with Crippen LogP contribution in [-0.4, -0.2) is 58.7 Å². The molecule has 3 rings (SSSR count). The molecule has 0 atom stereocenters. The Morgan fingerprint density at radius 3 is 2.83 bits per heavy atom. The van der Waals surface area contributed by atoms with E-state index in [2.05, 4.69) is 25.2 Å². The van der Waals surface area contributed by atoms with Gasteiger partial charge in [-0.3, -0.25) is 9.59 Å². The molecule has 0 radical (unpaired) electrons. The van der Waals surface area contributed by atoms with E-state index in [-0.39, 0.29) is 0 Å². The summed E-state index contributed by atoms with van der Waals surface area (Å²) in [5, 5.41) is 3.73. The number of aldehydes is 1. The highest BCUT2D eigenvalue weighted by atomic mass is 32.1. The molecule has 1 saturated heterocycles. The number of carbonyl (C=O) groups is 2. The molecule has 2 aromatic heterocycles. The van der Waals surface area contributed by atoms with Gasteiger partial charge in [-0.15, -0.1) is 0 Å². The Kier molecular flexibility index (Phi) is 4.99. The maximum atomic E-state index is 10.9. The van der Waals surface area contributed by atoms with Crippen molar-refractivity contribution in [3.05, 3.63) is 23.0 Å². The first kappa shape index (κ1) is 16.3. The van der Waals surface area contributed by atoms with E-state index in [0.717, 1.165) is 44.6 Å². The maximum absolute atomic E-state index is 10.9. The van der Waals surface area contributed by atoms with Crippen LogP contribution in [0.4, 0.5) is 16.8 Å². The molecule has 0 saturated carbocycles. The van der Waals surface area contributed by atoms with Crippen LogP contribution in [0.2, 0.25) is 0 Å². The van der Waals surface area contributed by atoms with Gasteiger partial charge in [0.15, 0.2) is 11.4 Å². The van der Waals surface area contributed by atoms with Crippen LogP contribution >= 0.6 is 11.3 Å². The molecule has 0 bridgehead atoms. The Bertz CT molecular complexity index is 735.